The molecular weight excluding hydrogens is 404 g/mol. The number of carbonyl (C=O) groups excluding carboxylic acids is 2. The molecule has 0 unspecified atom stereocenters. The van der Waals surface area contributed by atoms with Crippen LogP contribution in [0.4, 0.5) is 0 Å². The summed E-state index contributed by atoms with van der Waals surface area (Å²) in [4.78, 5) is 23.1. The lowest BCUT2D eigenvalue weighted by atomic mass is 10.0. The van der Waals surface area contributed by atoms with Crippen LogP contribution in [0, 0.1) is 5.92 Å². The second kappa shape index (κ2) is 12.9. The van der Waals surface area contributed by atoms with Gasteiger partial charge in [-0.05, 0) is 89.3 Å². The highest BCUT2D eigenvalue weighted by Gasteiger charge is 2.29. The summed E-state index contributed by atoms with van der Waals surface area (Å²) in [7, 11) is 0. The minimum Gasteiger partial charge on any atom is -0.472 e. The molecule has 0 spiro atoms. The topological polar surface area (TPSA) is 65.7 Å². The van der Waals surface area contributed by atoms with Crippen molar-refractivity contribution in [3.05, 3.63) is 70.6 Å². The first-order valence-corrected chi connectivity index (χ1v) is 11.4. The molecule has 174 valence electrons. The summed E-state index contributed by atoms with van der Waals surface area (Å²) in [5.74, 6) is -0.134. The molecule has 0 saturated carbocycles. The molecule has 1 aromatic heterocycles. The molecule has 1 aliphatic heterocycles. The van der Waals surface area contributed by atoms with Crippen LogP contribution < -0.4 is 0 Å². The van der Waals surface area contributed by atoms with Gasteiger partial charge in [0.25, 0.3) is 0 Å². The van der Waals surface area contributed by atoms with E-state index in [1.54, 1.807) is 13.2 Å². The highest BCUT2D eigenvalue weighted by atomic mass is 16.6. The lowest BCUT2D eigenvalue weighted by molar-refractivity contribution is -0.137. The zero-order valence-electron chi connectivity index (χ0n) is 20.0. The molecule has 0 fully saturated rings. The first kappa shape index (κ1) is 25.4. The number of rotatable bonds is 12. The molecule has 1 aromatic rings. The van der Waals surface area contributed by atoms with Gasteiger partial charge in [-0.3, -0.25) is 4.79 Å². The van der Waals surface area contributed by atoms with Crippen LogP contribution in [-0.2, 0) is 25.5 Å². The van der Waals surface area contributed by atoms with Gasteiger partial charge in [-0.25, -0.2) is 4.79 Å². The molecule has 5 nitrogen and oxygen atoms in total. The van der Waals surface area contributed by atoms with Crippen LogP contribution in [0.1, 0.15) is 78.7 Å². The maximum atomic E-state index is 11.8. The number of allylic oxidation sites excluding steroid dienone is 5. The average Bonchev–Trinajstić information content (AvgIpc) is 3.32. The van der Waals surface area contributed by atoms with E-state index in [-0.39, 0.29) is 11.7 Å². The van der Waals surface area contributed by atoms with Crippen molar-refractivity contribution in [1.82, 2.24) is 0 Å². The van der Waals surface area contributed by atoms with Gasteiger partial charge in [0.1, 0.15) is 0 Å². The van der Waals surface area contributed by atoms with E-state index in [1.165, 1.54) is 23.6 Å². The van der Waals surface area contributed by atoms with Crippen molar-refractivity contribution < 1.29 is 23.5 Å². The van der Waals surface area contributed by atoms with Crippen molar-refractivity contribution in [1.29, 1.82) is 0 Å². The van der Waals surface area contributed by atoms with Crippen molar-refractivity contribution in [2.75, 3.05) is 0 Å². The van der Waals surface area contributed by atoms with Gasteiger partial charge >= 0.3 is 11.9 Å². The Labute approximate surface area is 191 Å². The van der Waals surface area contributed by atoms with Crippen LogP contribution in [0.3, 0.4) is 0 Å². The Morgan fingerprint density at radius 2 is 1.84 bits per heavy atom. The van der Waals surface area contributed by atoms with Crippen molar-refractivity contribution in [3.63, 3.8) is 0 Å². The van der Waals surface area contributed by atoms with Crippen LogP contribution in [0.5, 0.6) is 0 Å². The monoisotopic (exact) mass is 440 g/mol. The highest BCUT2D eigenvalue weighted by Crippen LogP contribution is 2.29. The van der Waals surface area contributed by atoms with Crippen molar-refractivity contribution in [2.24, 2.45) is 5.92 Å². The molecule has 1 atom stereocenters. The molecule has 0 N–H and O–H groups in total. The summed E-state index contributed by atoms with van der Waals surface area (Å²) >= 11 is 0. The lowest BCUT2D eigenvalue weighted by Crippen LogP contribution is -2.02. The summed E-state index contributed by atoms with van der Waals surface area (Å²) in [5.41, 5.74) is 4.43. The Balaban J connectivity index is 1.72. The molecular formula is C27H36O5. The largest absolute Gasteiger partial charge is 0.472 e. The Morgan fingerprint density at radius 1 is 1.12 bits per heavy atom. The predicted octanol–water partition coefficient (Wildman–Crippen LogP) is 6.97. The van der Waals surface area contributed by atoms with E-state index in [4.69, 9.17) is 13.9 Å². The standard InChI is InChI=1S/C27H36O5/c1-19(9-6-10-20(2)12-8-14-24-15-16-30-18-24)11-7-13-21(3)17-25-26(31-23(5)28)22(4)27(29)32-25/h10-11,15-18,21H,6-9,12-14H2,1-5H3/t21-/m1/s1. The van der Waals surface area contributed by atoms with Crippen molar-refractivity contribution in [2.45, 2.75) is 79.6 Å². The first-order chi connectivity index (χ1) is 15.3. The lowest BCUT2D eigenvalue weighted by Gasteiger charge is -2.09. The highest BCUT2D eigenvalue weighted by molar-refractivity contribution is 5.94. The zero-order valence-corrected chi connectivity index (χ0v) is 20.0. The SMILES string of the molecule is CC(=O)OC1=C(C)C(=O)OC1=C[C@H](C)CCC=C(C)CCC=C(C)CCCc1ccoc1. The molecule has 0 saturated heterocycles. The maximum absolute atomic E-state index is 11.8. The summed E-state index contributed by atoms with van der Waals surface area (Å²) in [6.07, 6.45) is 17.4. The minimum atomic E-state index is -0.461. The second-order valence-electron chi connectivity index (χ2n) is 8.65. The number of hydrogen-bond acceptors (Lipinski definition) is 5. The van der Waals surface area contributed by atoms with Crippen LogP contribution in [0.15, 0.2) is 69.5 Å². The molecule has 0 aliphatic carbocycles. The fraction of sp³-hybridized carbons (Fsp3) is 0.481. The van der Waals surface area contributed by atoms with Crippen molar-refractivity contribution >= 4 is 11.9 Å². The number of carbonyl (C=O) groups is 2. The molecule has 32 heavy (non-hydrogen) atoms. The maximum Gasteiger partial charge on any atom is 0.343 e. The molecule has 0 amide bonds. The third kappa shape index (κ3) is 8.74. The van der Waals surface area contributed by atoms with E-state index < -0.39 is 11.9 Å². The smallest absolute Gasteiger partial charge is 0.343 e. The van der Waals surface area contributed by atoms with E-state index in [0.717, 1.165) is 44.9 Å². The number of esters is 2. The van der Waals surface area contributed by atoms with Crippen LogP contribution in [0.25, 0.3) is 0 Å². The Kier molecular flexibility index (Phi) is 10.3. The molecule has 2 heterocycles. The van der Waals surface area contributed by atoms with E-state index in [9.17, 15) is 9.59 Å². The van der Waals surface area contributed by atoms with Gasteiger partial charge in [0.05, 0.1) is 18.1 Å². The van der Waals surface area contributed by atoms with E-state index in [1.807, 2.05) is 18.4 Å². The predicted molar refractivity (Wildman–Crippen MR) is 125 cm³/mol. The van der Waals surface area contributed by atoms with Gasteiger partial charge in [-0.1, -0.05) is 30.2 Å². The minimum absolute atomic E-state index is 0.190. The van der Waals surface area contributed by atoms with Gasteiger partial charge in [-0.15, -0.1) is 0 Å². The fourth-order valence-corrected chi connectivity index (χ4v) is 3.57. The number of furan rings is 1. The molecule has 1 aliphatic rings. The quantitative estimate of drug-likeness (QED) is 0.259. The van der Waals surface area contributed by atoms with E-state index in [2.05, 4.69) is 32.9 Å². The van der Waals surface area contributed by atoms with E-state index >= 15 is 0 Å². The number of aryl methyl sites for hydroxylation is 1. The number of hydrogen-bond donors (Lipinski definition) is 0. The van der Waals surface area contributed by atoms with Gasteiger partial charge in [0.15, 0.2) is 11.5 Å². The molecule has 0 aromatic carbocycles. The fourth-order valence-electron chi connectivity index (χ4n) is 3.57. The Morgan fingerprint density at radius 3 is 2.53 bits per heavy atom. The third-order valence-corrected chi connectivity index (χ3v) is 5.52. The summed E-state index contributed by atoms with van der Waals surface area (Å²) in [5, 5.41) is 0. The van der Waals surface area contributed by atoms with Gasteiger partial charge < -0.3 is 13.9 Å². The van der Waals surface area contributed by atoms with Crippen molar-refractivity contribution in [3.8, 4) is 0 Å². The summed E-state index contributed by atoms with van der Waals surface area (Å²) < 4.78 is 15.5. The van der Waals surface area contributed by atoms with Gasteiger partial charge in [0, 0.05) is 6.92 Å². The third-order valence-electron chi connectivity index (χ3n) is 5.52. The molecule has 0 bridgehead atoms. The average molecular weight is 441 g/mol. The molecule has 5 heteroatoms. The van der Waals surface area contributed by atoms with Gasteiger partial charge in [0.2, 0.25) is 0 Å². The Bertz CT molecular complexity index is 896. The second-order valence-corrected chi connectivity index (χ2v) is 8.65. The van der Waals surface area contributed by atoms with Crippen LogP contribution in [-0.4, -0.2) is 11.9 Å². The van der Waals surface area contributed by atoms with E-state index in [0.29, 0.717) is 11.3 Å². The van der Waals surface area contributed by atoms with Crippen LogP contribution >= 0.6 is 0 Å². The molecule has 0 radical (unpaired) electrons. The van der Waals surface area contributed by atoms with Gasteiger partial charge in [-0.2, -0.15) is 0 Å². The number of ether oxygens (including phenoxy) is 2. The van der Waals surface area contributed by atoms with Crippen LogP contribution in [0.2, 0.25) is 0 Å². The number of cyclic esters (lactones) is 1. The first-order valence-electron chi connectivity index (χ1n) is 11.4. The molecule has 2 rings (SSSR count). The zero-order chi connectivity index (χ0) is 23.5. The summed E-state index contributed by atoms with van der Waals surface area (Å²) in [6, 6.07) is 2.03. The summed E-state index contributed by atoms with van der Waals surface area (Å²) in [6.45, 7) is 9.37. The normalized spacial score (nSPS) is 17.2. The Hall–Kier alpha value is -2.82.